The van der Waals surface area contributed by atoms with E-state index in [4.69, 9.17) is 11.6 Å². The van der Waals surface area contributed by atoms with Crippen LogP contribution in [0.2, 0.25) is 5.02 Å². The highest BCUT2D eigenvalue weighted by Crippen LogP contribution is 2.39. The highest BCUT2D eigenvalue weighted by Gasteiger charge is 2.41. The lowest BCUT2D eigenvalue weighted by Crippen LogP contribution is -2.22. The molecule has 2 aliphatic heterocycles. The lowest BCUT2D eigenvalue weighted by atomic mass is 10.0. The Morgan fingerprint density at radius 1 is 0.929 bits per heavy atom. The number of carbonyl (C=O) groups excluding carboxylic acids is 2. The van der Waals surface area contributed by atoms with Crippen molar-refractivity contribution in [1.82, 2.24) is 10.6 Å². The predicted molar refractivity (Wildman–Crippen MR) is 107 cm³/mol. The summed E-state index contributed by atoms with van der Waals surface area (Å²) >= 11 is 6.34. The maximum atomic E-state index is 14.4. The van der Waals surface area contributed by atoms with E-state index in [2.05, 4.69) is 10.6 Å². The van der Waals surface area contributed by atoms with Crippen LogP contribution in [-0.4, -0.2) is 25.9 Å². The van der Waals surface area contributed by atoms with Gasteiger partial charge in [-0.15, -0.1) is 0 Å². The van der Waals surface area contributed by atoms with Crippen LogP contribution in [0.1, 0.15) is 16.7 Å². The molecule has 0 bridgehead atoms. The topological polar surface area (TPSA) is 61.4 Å². The lowest BCUT2D eigenvalue weighted by Gasteiger charge is -2.15. The Balaban J connectivity index is 1.89. The van der Waals surface area contributed by atoms with E-state index in [1.807, 2.05) is 32.0 Å². The number of rotatable bonds is 3. The summed E-state index contributed by atoms with van der Waals surface area (Å²) < 4.78 is 14.4. The SMILES string of the molecule is Cc1ccc(F)c(C2=C3C(=O)NC(c4ccc(N(C)C)c(Cl)c4)=C3C(=O)N2)c1. The quantitative estimate of drug-likeness (QED) is 0.835. The molecular weight excluding hydrogens is 381 g/mol. The third kappa shape index (κ3) is 2.77. The molecule has 2 aromatic rings. The summed E-state index contributed by atoms with van der Waals surface area (Å²) in [6.45, 7) is 1.82. The molecule has 0 saturated heterocycles. The van der Waals surface area contributed by atoms with Gasteiger partial charge in [0, 0.05) is 25.2 Å². The van der Waals surface area contributed by atoms with Crippen molar-refractivity contribution in [2.24, 2.45) is 0 Å². The molecular formula is C21H17ClFN3O2. The van der Waals surface area contributed by atoms with Gasteiger partial charge in [-0.25, -0.2) is 4.39 Å². The van der Waals surface area contributed by atoms with Gasteiger partial charge < -0.3 is 15.5 Å². The molecule has 2 heterocycles. The van der Waals surface area contributed by atoms with Gasteiger partial charge in [0.1, 0.15) is 5.82 Å². The summed E-state index contributed by atoms with van der Waals surface area (Å²) in [7, 11) is 3.74. The van der Waals surface area contributed by atoms with Crippen LogP contribution in [-0.2, 0) is 9.59 Å². The largest absolute Gasteiger partial charge is 0.376 e. The monoisotopic (exact) mass is 397 g/mol. The van der Waals surface area contributed by atoms with Gasteiger partial charge in [0.05, 0.1) is 33.3 Å². The summed E-state index contributed by atoms with van der Waals surface area (Å²) in [4.78, 5) is 27.2. The minimum atomic E-state index is -0.505. The Bertz CT molecular complexity index is 1120. The number of carbonyl (C=O) groups is 2. The molecule has 28 heavy (non-hydrogen) atoms. The van der Waals surface area contributed by atoms with E-state index >= 15 is 0 Å². The van der Waals surface area contributed by atoms with Crippen LogP contribution in [0.4, 0.5) is 10.1 Å². The fourth-order valence-electron chi connectivity index (χ4n) is 3.46. The number of benzene rings is 2. The lowest BCUT2D eigenvalue weighted by molar-refractivity contribution is -0.117. The Labute approximate surface area is 166 Å². The zero-order valence-corrected chi connectivity index (χ0v) is 16.2. The van der Waals surface area contributed by atoms with Gasteiger partial charge in [0.15, 0.2) is 0 Å². The third-order valence-electron chi connectivity index (χ3n) is 4.79. The molecule has 0 saturated carbocycles. The first-order valence-electron chi connectivity index (χ1n) is 8.63. The molecule has 2 amide bonds. The van der Waals surface area contributed by atoms with Crippen LogP contribution >= 0.6 is 11.6 Å². The molecule has 5 nitrogen and oxygen atoms in total. The summed E-state index contributed by atoms with van der Waals surface area (Å²) in [5, 5.41) is 5.89. The van der Waals surface area contributed by atoms with E-state index in [-0.39, 0.29) is 22.4 Å². The van der Waals surface area contributed by atoms with Gasteiger partial charge in [-0.05, 0) is 31.2 Å². The molecule has 4 rings (SSSR count). The maximum absolute atomic E-state index is 14.4. The number of halogens is 2. The molecule has 0 fully saturated rings. The van der Waals surface area contributed by atoms with Crippen LogP contribution in [0.15, 0.2) is 47.5 Å². The average Bonchev–Trinajstić information content (AvgIpc) is 3.15. The molecule has 0 radical (unpaired) electrons. The molecule has 2 aromatic carbocycles. The highest BCUT2D eigenvalue weighted by molar-refractivity contribution is 6.34. The number of anilines is 1. The second kappa shape index (κ2) is 6.49. The molecule has 2 aliphatic rings. The average molecular weight is 398 g/mol. The van der Waals surface area contributed by atoms with Crippen molar-refractivity contribution in [3.63, 3.8) is 0 Å². The highest BCUT2D eigenvalue weighted by atomic mass is 35.5. The van der Waals surface area contributed by atoms with Crippen molar-refractivity contribution in [1.29, 1.82) is 0 Å². The molecule has 2 N–H and O–H groups in total. The third-order valence-corrected chi connectivity index (χ3v) is 5.09. The van der Waals surface area contributed by atoms with Crippen molar-refractivity contribution in [2.45, 2.75) is 6.92 Å². The maximum Gasteiger partial charge on any atom is 0.258 e. The fraction of sp³-hybridized carbons (Fsp3) is 0.143. The first-order chi connectivity index (χ1) is 13.3. The minimum absolute atomic E-state index is 0.150. The normalized spacial score (nSPS) is 15.8. The summed E-state index contributed by atoms with van der Waals surface area (Å²) in [5.41, 5.74) is 3.34. The number of aryl methyl sites for hydroxylation is 1. The predicted octanol–water partition coefficient (Wildman–Crippen LogP) is 3.24. The summed E-state index contributed by atoms with van der Waals surface area (Å²) in [5.74, 6) is -1.41. The minimum Gasteiger partial charge on any atom is -0.376 e. The second-order valence-corrected chi connectivity index (χ2v) is 7.36. The van der Waals surface area contributed by atoms with Gasteiger partial charge in [-0.1, -0.05) is 29.3 Å². The first kappa shape index (κ1) is 18.3. The Hall–Kier alpha value is -3.12. The van der Waals surface area contributed by atoms with E-state index < -0.39 is 17.6 Å². The zero-order chi connectivity index (χ0) is 20.2. The Morgan fingerprint density at radius 3 is 2.21 bits per heavy atom. The molecule has 0 atom stereocenters. The van der Waals surface area contributed by atoms with E-state index in [1.54, 1.807) is 24.3 Å². The van der Waals surface area contributed by atoms with Crippen LogP contribution < -0.4 is 15.5 Å². The molecule has 0 aliphatic carbocycles. The Kier molecular flexibility index (Phi) is 4.23. The van der Waals surface area contributed by atoms with E-state index in [9.17, 15) is 14.0 Å². The van der Waals surface area contributed by atoms with E-state index in [0.29, 0.717) is 16.3 Å². The van der Waals surface area contributed by atoms with Gasteiger partial charge in [-0.3, -0.25) is 9.59 Å². The number of hydrogen-bond acceptors (Lipinski definition) is 3. The smallest absolute Gasteiger partial charge is 0.258 e. The molecule has 142 valence electrons. The number of hydrogen-bond donors (Lipinski definition) is 2. The number of fused-ring (bicyclic) bond motifs is 1. The number of nitrogens with zero attached hydrogens (tertiary/aromatic N) is 1. The molecule has 0 aromatic heterocycles. The summed E-state index contributed by atoms with van der Waals surface area (Å²) in [6, 6.07) is 9.85. The van der Waals surface area contributed by atoms with Crippen LogP contribution in [0.5, 0.6) is 0 Å². The van der Waals surface area contributed by atoms with Crippen LogP contribution in [0.25, 0.3) is 11.4 Å². The zero-order valence-electron chi connectivity index (χ0n) is 15.5. The Morgan fingerprint density at radius 2 is 1.57 bits per heavy atom. The number of nitrogens with one attached hydrogen (secondary N) is 2. The fourth-order valence-corrected chi connectivity index (χ4v) is 3.81. The summed E-state index contributed by atoms with van der Waals surface area (Å²) in [6.07, 6.45) is 0. The van der Waals surface area contributed by atoms with Crippen molar-refractivity contribution < 1.29 is 14.0 Å². The second-order valence-electron chi connectivity index (χ2n) is 6.95. The van der Waals surface area contributed by atoms with Crippen molar-refractivity contribution >= 4 is 40.5 Å². The van der Waals surface area contributed by atoms with Crippen LogP contribution in [0.3, 0.4) is 0 Å². The van der Waals surface area contributed by atoms with E-state index in [0.717, 1.165) is 11.3 Å². The molecule has 7 heteroatoms. The van der Waals surface area contributed by atoms with Crippen LogP contribution in [0, 0.1) is 12.7 Å². The first-order valence-corrected chi connectivity index (χ1v) is 9.01. The van der Waals surface area contributed by atoms with Gasteiger partial charge in [-0.2, -0.15) is 0 Å². The molecule has 0 unspecified atom stereocenters. The van der Waals surface area contributed by atoms with Gasteiger partial charge in [0.25, 0.3) is 11.8 Å². The van der Waals surface area contributed by atoms with Crippen molar-refractivity contribution in [2.75, 3.05) is 19.0 Å². The standard InChI is InChI=1S/C21H17ClFN3O2/c1-10-4-6-14(23)12(8-10)19-17-16(20(27)25-19)18(24-21(17)28)11-5-7-15(26(2)3)13(22)9-11/h4-9H,1-3H3,(H,24,28)(H,25,27). The van der Waals surface area contributed by atoms with Gasteiger partial charge >= 0.3 is 0 Å². The number of amides is 2. The molecule has 0 spiro atoms. The van der Waals surface area contributed by atoms with Crippen molar-refractivity contribution in [3.8, 4) is 0 Å². The van der Waals surface area contributed by atoms with Crippen molar-refractivity contribution in [3.05, 3.63) is 75.1 Å². The van der Waals surface area contributed by atoms with E-state index in [1.165, 1.54) is 6.07 Å². The van der Waals surface area contributed by atoms with Gasteiger partial charge in [0.2, 0.25) is 0 Å².